The second kappa shape index (κ2) is 8.37. The number of hydrogen-bond donors (Lipinski definition) is 1. The Hall–Kier alpha value is -3.07. The summed E-state index contributed by atoms with van der Waals surface area (Å²) in [6, 6.07) is 7.88. The van der Waals surface area contributed by atoms with Gasteiger partial charge in [0.25, 0.3) is 0 Å². The summed E-state index contributed by atoms with van der Waals surface area (Å²) in [4.78, 5) is 2.02. The third-order valence-corrected chi connectivity index (χ3v) is 6.77. The van der Waals surface area contributed by atoms with E-state index in [2.05, 4.69) is 10.2 Å². The predicted molar refractivity (Wildman–Crippen MR) is 113 cm³/mol. The Morgan fingerprint density at radius 3 is 2.39 bits per heavy atom. The minimum Gasteiger partial charge on any atom is -0.351 e. The van der Waals surface area contributed by atoms with Gasteiger partial charge in [-0.25, -0.2) is 22.0 Å². The lowest BCUT2D eigenvalue weighted by molar-refractivity contribution is 0.413. The van der Waals surface area contributed by atoms with Gasteiger partial charge in [0.1, 0.15) is 17.5 Å². The molecule has 4 atom stereocenters. The Morgan fingerprint density at radius 1 is 0.879 bits per heavy atom. The molecule has 1 saturated carbocycles. The molecule has 9 heteroatoms. The molecule has 5 rings (SSSR count). The van der Waals surface area contributed by atoms with Crippen LogP contribution in [0.3, 0.4) is 0 Å². The largest absolute Gasteiger partial charge is 0.351 e. The van der Waals surface area contributed by atoms with Crippen LogP contribution in [0.2, 0.25) is 0 Å². The van der Waals surface area contributed by atoms with Gasteiger partial charge in [-0.2, -0.15) is 0 Å². The number of rotatable bonds is 4. The van der Waals surface area contributed by atoms with E-state index in [-0.39, 0.29) is 29.3 Å². The van der Waals surface area contributed by atoms with Crippen molar-refractivity contribution in [3.8, 4) is 11.3 Å². The molecule has 0 bridgehead atoms. The molecular weight excluding hydrogens is 439 g/mol. The van der Waals surface area contributed by atoms with E-state index in [0.717, 1.165) is 25.0 Å². The highest BCUT2D eigenvalue weighted by molar-refractivity contribution is 5.61. The lowest BCUT2D eigenvalue weighted by Crippen LogP contribution is -2.37. The van der Waals surface area contributed by atoms with Gasteiger partial charge < -0.3 is 10.6 Å². The zero-order valence-electron chi connectivity index (χ0n) is 17.5. The normalized spacial score (nSPS) is 24.4. The van der Waals surface area contributed by atoms with Gasteiger partial charge in [0.05, 0.1) is 5.69 Å². The Bertz CT molecular complexity index is 1190. The van der Waals surface area contributed by atoms with Crippen LogP contribution in [-0.2, 0) is 6.42 Å². The van der Waals surface area contributed by atoms with Crippen molar-refractivity contribution in [3.63, 3.8) is 0 Å². The average Bonchev–Trinajstić information content (AvgIpc) is 3.29. The molecule has 2 aliphatic rings. The second-order valence-electron chi connectivity index (χ2n) is 8.84. The minimum atomic E-state index is -1.30. The van der Waals surface area contributed by atoms with Crippen molar-refractivity contribution < 1.29 is 22.0 Å². The van der Waals surface area contributed by atoms with Crippen molar-refractivity contribution in [1.29, 1.82) is 0 Å². The molecule has 172 valence electrons. The summed E-state index contributed by atoms with van der Waals surface area (Å²) in [5.41, 5.74) is 6.25. The maximum absolute atomic E-state index is 14.4. The van der Waals surface area contributed by atoms with E-state index in [1.54, 1.807) is 6.07 Å². The van der Waals surface area contributed by atoms with Gasteiger partial charge in [0.2, 0.25) is 0 Å². The van der Waals surface area contributed by atoms with Gasteiger partial charge >= 0.3 is 0 Å². The van der Waals surface area contributed by atoms with E-state index in [1.165, 1.54) is 18.2 Å². The van der Waals surface area contributed by atoms with Crippen molar-refractivity contribution in [3.05, 3.63) is 77.1 Å². The first-order valence-corrected chi connectivity index (χ1v) is 10.7. The standard InChI is InChI=1S/C24H21F5N4/c25-14-2-1-12(19(27)8-14)6-22-17-10-16(30)5-13(17)11-33(22)23-4-3-21(31-32-23)18-7-15(26)9-20(28)24(18)29/h1-4,7-9,13,16-17,22H,5-6,10-11,30H2/t13-,16+,17+,22+/m1/s1. The minimum absolute atomic E-state index is 0.00260. The van der Waals surface area contributed by atoms with Gasteiger partial charge in [0.15, 0.2) is 17.5 Å². The fraction of sp³-hybridized carbons (Fsp3) is 0.333. The number of aromatic nitrogens is 2. The van der Waals surface area contributed by atoms with Crippen LogP contribution < -0.4 is 10.6 Å². The number of benzene rings is 2. The van der Waals surface area contributed by atoms with Gasteiger partial charge in [0, 0.05) is 36.3 Å². The molecule has 2 aromatic carbocycles. The Morgan fingerprint density at radius 2 is 1.67 bits per heavy atom. The topological polar surface area (TPSA) is 55.0 Å². The summed E-state index contributed by atoms with van der Waals surface area (Å²) in [7, 11) is 0. The van der Waals surface area contributed by atoms with Gasteiger partial charge in [-0.05, 0) is 60.9 Å². The molecule has 2 heterocycles. The molecule has 1 aromatic heterocycles. The third-order valence-electron chi connectivity index (χ3n) is 6.77. The molecule has 4 nitrogen and oxygen atoms in total. The van der Waals surface area contributed by atoms with E-state index in [0.29, 0.717) is 36.3 Å². The summed E-state index contributed by atoms with van der Waals surface area (Å²) in [5, 5.41) is 8.19. The van der Waals surface area contributed by atoms with Crippen LogP contribution in [-0.4, -0.2) is 28.8 Å². The number of nitrogens with two attached hydrogens (primary N) is 1. The maximum Gasteiger partial charge on any atom is 0.168 e. The van der Waals surface area contributed by atoms with Crippen LogP contribution in [0, 0.1) is 40.9 Å². The Labute approximate surface area is 187 Å². The van der Waals surface area contributed by atoms with Crippen LogP contribution in [0.25, 0.3) is 11.3 Å². The number of hydrogen-bond acceptors (Lipinski definition) is 4. The first kappa shape index (κ1) is 21.8. The van der Waals surface area contributed by atoms with E-state index in [9.17, 15) is 22.0 Å². The van der Waals surface area contributed by atoms with Crippen LogP contribution in [0.5, 0.6) is 0 Å². The van der Waals surface area contributed by atoms with E-state index < -0.39 is 29.1 Å². The SMILES string of the molecule is N[C@H]1C[C@@H]2CN(c3ccc(-c4cc(F)cc(F)c4F)nn3)[C@@H](Cc3ccc(F)cc3F)[C@H]2C1. The zero-order valence-corrected chi connectivity index (χ0v) is 17.5. The Balaban J connectivity index is 1.45. The highest BCUT2D eigenvalue weighted by Crippen LogP contribution is 2.44. The highest BCUT2D eigenvalue weighted by atomic mass is 19.2. The molecule has 2 fully saturated rings. The second-order valence-corrected chi connectivity index (χ2v) is 8.84. The first-order chi connectivity index (χ1) is 15.8. The molecule has 0 amide bonds. The monoisotopic (exact) mass is 460 g/mol. The summed E-state index contributed by atoms with van der Waals surface area (Å²) in [6.07, 6.45) is 1.96. The van der Waals surface area contributed by atoms with Crippen molar-refractivity contribution in [2.24, 2.45) is 17.6 Å². The number of anilines is 1. The van der Waals surface area contributed by atoms with Crippen molar-refractivity contribution in [2.45, 2.75) is 31.3 Å². The molecule has 0 radical (unpaired) electrons. The molecule has 3 aromatic rings. The first-order valence-electron chi connectivity index (χ1n) is 10.7. The fourth-order valence-corrected chi connectivity index (χ4v) is 5.30. The molecule has 33 heavy (non-hydrogen) atoms. The zero-order chi connectivity index (χ0) is 23.3. The quantitative estimate of drug-likeness (QED) is 0.456. The number of halogens is 5. The van der Waals surface area contributed by atoms with Crippen molar-refractivity contribution in [2.75, 3.05) is 11.4 Å². The smallest absolute Gasteiger partial charge is 0.168 e. The molecule has 1 aliphatic heterocycles. The summed E-state index contributed by atoms with van der Waals surface area (Å²) >= 11 is 0. The molecule has 1 aliphatic carbocycles. The summed E-state index contributed by atoms with van der Waals surface area (Å²) < 4.78 is 69.1. The van der Waals surface area contributed by atoms with Gasteiger partial charge in [-0.3, -0.25) is 0 Å². The molecule has 0 unspecified atom stereocenters. The lowest BCUT2D eigenvalue weighted by atomic mass is 9.89. The number of nitrogens with zero attached hydrogens (tertiary/aromatic N) is 3. The fourth-order valence-electron chi connectivity index (χ4n) is 5.30. The summed E-state index contributed by atoms with van der Waals surface area (Å²) in [6.45, 7) is 0.642. The highest BCUT2D eigenvalue weighted by Gasteiger charge is 2.47. The number of fused-ring (bicyclic) bond motifs is 1. The predicted octanol–water partition coefficient (Wildman–Crippen LogP) is 4.62. The molecular formula is C24H21F5N4. The van der Waals surface area contributed by atoms with E-state index in [1.807, 2.05) is 4.90 Å². The van der Waals surface area contributed by atoms with Crippen molar-refractivity contribution in [1.82, 2.24) is 10.2 Å². The van der Waals surface area contributed by atoms with Crippen LogP contribution in [0.4, 0.5) is 27.8 Å². The third kappa shape index (κ3) is 4.06. The van der Waals surface area contributed by atoms with Crippen LogP contribution in [0.15, 0.2) is 42.5 Å². The average molecular weight is 460 g/mol. The van der Waals surface area contributed by atoms with E-state index in [4.69, 9.17) is 5.73 Å². The van der Waals surface area contributed by atoms with E-state index >= 15 is 0 Å². The lowest BCUT2D eigenvalue weighted by Gasteiger charge is -2.29. The Kier molecular flexibility index (Phi) is 5.52. The van der Waals surface area contributed by atoms with Gasteiger partial charge in [-0.1, -0.05) is 6.07 Å². The van der Waals surface area contributed by atoms with Crippen molar-refractivity contribution >= 4 is 5.82 Å². The maximum atomic E-state index is 14.4. The molecule has 2 N–H and O–H groups in total. The molecule has 1 saturated heterocycles. The van der Waals surface area contributed by atoms with Gasteiger partial charge in [-0.15, -0.1) is 10.2 Å². The summed E-state index contributed by atoms with van der Waals surface area (Å²) in [5.74, 6) is -3.67. The van der Waals surface area contributed by atoms with Crippen LogP contribution >= 0.6 is 0 Å². The van der Waals surface area contributed by atoms with Crippen LogP contribution in [0.1, 0.15) is 18.4 Å². The molecule has 0 spiro atoms.